The van der Waals surface area contributed by atoms with E-state index in [4.69, 9.17) is 9.47 Å². The van der Waals surface area contributed by atoms with Crippen LogP contribution in [0.3, 0.4) is 0 Å². The van der Waals surface area contributed by atoms with Gasteiger partial charge in [0, 0.05) is 31.4 Å². The molecule has 0 aliphatic rings. The van der Waals surface area contributed by atoms with Crippen LogP contribution in [0, 0.1) is 6.92 Å². The maximum Gasteiger partial charge on any atom is 0.246 e. The SMILES string of the molecule is CCn1nccc1CN(C)C(=O)/C=C/c1ccc(OC)c(COc2cccc(C)c2)c1. The smallest absolute Gasteiger partial charge is 0.246 e. The zero-order valence-electron chi connectivity index (χ0n) is 18.5. The van der Waals surface area contributed by atoms with E-state index in [2.05, 4.69) is 5.10 Å². The number of aryl methyl sites for hydroxylation is 2. The van der Waals surface area contributed by atoms with E-state index in [0.29, 0.717) is 13.2 Å². The van der Waals surface area contributed by atoms with Crippen LogP contribution in [0.4, 0.5) is 0 Å². The summed E-state index contributed by atoms with van der Waals surface area (Å²) in [5, 5.41) is 4.25. The summed E-state index contributed by atoms with van der Waals surface area (Å²) in [6, 6.07) is 15.6. The van der Waals surface area contributed by atoms with E-state index in [9.17, 15) is 4.79 Å². The number of hydrogen-bond acceptors (Lipinski definition) is 4. The standard InChI is InChI=1S/C25H29N3O3/c1-5-28-22(13-14-26-28)17-27(3)25(29)12-10-20-9-11-24(30-4)21(16-20)18-31-23-8-6-7-19(2)15-23/h6-16H,5,17-18H2,1-4H3/b12-10+. The highest BCUT2D eigenvalue weighted by atomic mass is 16.5. The summed E-state index contributed by atoms with van der Waals surface area (Å²) in [7, 11) is 3.43. The normalized spacial score (nSPS) is 11.0. The van der Waals surface area contributed by atoms with Crippen LogP contribution in [-0.4, -0.2) is 34.7 Å². The first-order valence-corrected chi connectivity index (χ1v) is 10.3. The highest BCUT2D eigenvalue weighted by molar-refractivity contribution is 5.91. The number of rotatable bonds is 9. The number of amides is 1. The minimum atomic E-state index is -0.0720. The summed E-state index contributed by atoms with van der Waals surface area (Å²) in [6.45, 7) is 5.73. The molecule has 0 saturated carbocycles. The predicted octanol–water partition coefficient (Wildman–Crippen LogP) is 4.47. The Morgan fingerprint density at radius 2 is 2.03 bits per heavy atom. The molecule has 162 valence electrons. The minimum Gasteiger partial charge on any atom is -0.496 e. The Bertz CT molecular complexity index is 1060. The highest BCUT2D eigenvalue weighted by Gasteiger charge is 2.10. The Labute approximate surface area is 183 Å². The van der Waals surface area contributed by atoms with Crippen molar-refractivity contribution < 1.29 is 14.3 Å². The van der Waals surface area contributed by atoms with Gasteiger partial charge in [0.05, 0.1) is 19.3 Å². The lowest BCUT2D eigenvalue weighted by molar-refractivity contribution is -0.125. The Balaban J connectivity index is 1.67. The maximum absolute atomic E-state index is 12.6. The summed E-state index contributed by atoms with van der Waals surface area (Å²) in [6.07, 6.45) is 5.15. The van der Waals surface area contributed by atoms with Gasteiger partial charge in [0.2, 0.25) is 5.91 Å². The largest absolute Gasteiger partial charge is 0.496 e. The van der Waals surface area contributed by atoms with Gasteiger partial charge >= 0.3 is 0 Å². The Morgan fingerprint density at radius 1 is 1.19 bits per heavy atom. The number of nitrogens with zero attached hydrogens (tertiary/aromatic N) is 3. The number of likely N-dealkylation sites (N-methyl/N-ethyl adjacent to an activating group) is 1. The van der Waals surface area contributed by atoms with Gasteiger partial charge < -0.3 is 14.4 Å². The van der Waals surface area contributed by atoms with E-state index < -0.39 is 0 Å². The van der Waals surface area contributed by atoms with Crippen LogP contribution in [0.1, 0.15) is 29.3 Å². The Kier molecular flexibility index (Phi) is 7.49. The fourth-order valence-corrected chi connectivity index (χ4v) is 3.28. The first kappa shape index (κ1) is 22.2. The van der Waals surface area contributed by atoms with Gasteiger partial charge in [0.15, 0.2) is 0 Å². The van der Waals surface area contributed by atoms with Gasteiger partial charge in [-0.05, 0) is 61.4 Å². The van der Waals surface area contributed by atoms with Crippen molar-refractivity contribution in [1.82, 2.24) is 14.7 Å². The summed E-state index contributed by atoms with van der Waals surface area (Å²) in [4.78, 5) is 14.2. The van der Waals surface area contributed by atoms with Gasteiger partial charge in [-0.15, -0.1) is 0 Å². The van der Waals surface area contributed by atoms with Crippen LogP contribution in [0.2, 0.25) is 0 Å². The molecule has 1 heterocycles. The molecular weight excluding hydrogens is 390 g/mol. The second kappa shape index (κ2) is 10.5. The van der Waals surface area contributed by atoms with E-state index in [-0.39, 0.29) is 5.91 Å². The van der Waals surface area contributed by atoms with Crippen molar-refractivity contribution in [2.24, 2.45) is 0 Å². The van der Waals surface area contributed by atoms with Crippen LogP contribution < -0.4 is 9.47 Å². The van der Waals surface area contributed by atoms with Crippen molar-refractivity contribution in [2.75, 3.05) is 14.2 Å². The first-order chi connectivity index (χ1) is 15.0. The average molecular weight is 420 g/mol. The lowest BCUT2D eigenvalue weighted by atomic mass is 10.1. The van der Waals surface area contributed by atoms with E-state index >= 15 is 0 Å². The van der Waals surface area contributed by atoms with E-state index in [1.807, 2.05) is 73.1 Å². The van der Waals surface area contributed by atoms with Crippen molar-refractivity contribution in [1.29, 1.82) is 0 Å². The number of carbonyl (C=O) groups excluding carboxylic acids is 1. The fourth-order valence-electron chi connectivity index (χ4n) is 3.28. The van der Waals surface area contributed by atoms with E-state index in [1.54, 1.807) is 31.3 Å². The van der Waals surface area contributed by atoms with Crippen molar-refractivity contribution >= 4 is 12.0 Å². The predicted molar refractivity (Wildman–Crippen MR) is 122 cm³/mol. The van der Waals surface area contributed by atoms with Crippen molar-refractivity contribution in [3.63, 3.8) is 0 Å². The van der Waals surface area contributed by atoms with Crippen molar-refractivity contribution in [3.05, 3.63) is 83.2 Å². The molecule has 31 heavy (non-hydrogen) atoms. The molecule has 0 fully saturated rings. The molecule has 0 spiro atoms. The number of ether oxygens (including phenoxy) is 2. The topological polar surface area (TPSA) is 56.6 Å². The zero-order valence-corrected chi connectivity index (χ0v) is 18.5. The quantitative estimate of drug-likeness (QED) is 0.480. The van der Waals surface area contributed by atoms with Crippen LogP contribution in [0.25, 0.3) is 6.08 Å². The van der Waals surface area contributed by atoms with Crippen LogP contribution in [0.15, 0.2) is 60.8 Å². The summed E-state index contributed by atoms with van der Waals surface area (Å²) < 4.78 is 13.3. The second-order valence-corrected chi connectivity index (χ2v) is 7.34. The molecule has 2 aromatic carbocycles. The van der Waals surface area contributed by atoms with Crippen molar-refractivity contribution in [3.8, 4) is 11.5 Å². The van der Waals surface area contributed by atoms with E-state index in [1.165, 1.54) is 0 Å². The molecule has 1 aromatic heterocycles. The molecule has 0 aliphatic heterocycles. The third-order valence-corrected chi connectivity index (χ3v) is 4.99. The fraction of sp³-hybridized carbons (Fsp3) is 0.280. The lowest BCUT2D eigenvalue weighted by Gasteiger charge is -2.16. The van der Waals surface area contributed by atoms with Gasteiger partial charge in [0.1, 0.15) is 18.1 Å². The molecule has 6 nitrogen and oxygen atoms in total. The van der Waals surface area contributed by atoms with Gasteiger partial charge in [-0.25, -0.2) is 0 Å². The number of carbonyl (C=O) groups is 1. The Hall–Kier alpha value is -3.54. The summed E-state index contributed by atoms with van der Waals surface area (Å²) in [5.74, 6) is 1.49. The van der Waals surface area contributed by atoms with E-state index in [0.717, 1.165) is 40.4 Å². The average Bonchev–Trinajstić information content (AvgIpc) is 3.23. The third-order valence-electron chi connectivity index (χ3n) is 4.99. The summed E-state index contributed by atoms with van der Waals surface area (Å²) in [5.41, 5.74) is 3.97. The number of benzene rings is 2. The molecule has 3 rings (SSSR count). The first-order valence-electron chi connectivity index (χ1n) is 10.3. The van der Waals surface area contributed by atoms with Gasteiger partial charge in [-0.1, -0.05) is 18.2 Å². The van der Waals surface area contributed by atoms with Gasteiger partial charge in [0.25, 0.3) is 0 Å². The Morgan fingerprint density at radius 3 is 2.77 bits per heavy atom. The monoisotopic (exact) mass is 419 g/mol. The van der Waals surface area contributed by atoms with Crippen LogP contribution >= 0.6 is 0 Å². The number of aromatic nitrogens is 2. The molecule has 0 radical (unpaired) electrons. The highest BCUT2D eigenvalue weighted by Crippen LogP contribution is 2.23. The lowest BCUT2D eigenvalue weighted by Crippen LogP contribution is -2.25. The summed E-state index contributed by atoms with van der Waals surface area (Å²) >= 11 is 0. The molecule has 0 aliphatic carbocycles. The molecule has 0 atom stereocenters. The molecule has 0 unspecified atom stereocenters. The third kappa shape index (κ3) is 5.98. The zero-order chi connectivity index (χ0) is 22.2. The number of methoxy groups -OCH3 is 1. The van der Waals surface area contributed by atoms with Crippen LogP contribution in [0.5, 0.6) is 11.5 Å². The molecule has 3 aromatic rings. The van der Waals surface area contributed by atoms with Crippen molar-refractivity contribution in [2.45, 2.75) is 33.5 Å². The minimum absolute atomic E-state index is 0.0720. The molecular formula is C25H29N3O3. The molecule has 6 heteroatoms. The molecule has 0 bridgehead atoms. The molecule has 0 N–H and O–H groups in total. The van der Waals surface area contributed by atoms with Gasteiger partial charge in [-0.2, -0.15) is 5.10 Å². The number of hydrogen-bond donors (Lipinski definition) is 0. The van der Waals surface area contributed by atoms with Crippen LogP contribution in [-0.2, 0) is 24.5 Å². The molecule has 0 saturated heterocycles. The molecule has 1 amide bonds. The van der Waals surface area contributed by atoms with Gasteiger partial charge in [-0.3, -0.25) is 9.48 Å². The second-order valence-electron chi connectivity index (χ2n) is 7.34. The maximum atomic E-state index is 12.6.